The second-order valence-electron chi connectivity index (χ2n) is 3.28. The number of hydrogen-bond acceptors (Lipinski definition) is 3. The Morgan fingerprint density at radius 3 is 2.69 bits per heavy atom. The van der Waals surface area contributed by atoms with E-state index in [0.29, 0.717) is 11.4 Å². The van der Waals surface area contributed by atoms with Gasteiger partial charge in [-0.3, -0.25) is 4.79 Å². The average molecular weight is 245 g/mol. The quantitative estimate of drug-likeness (QED) is 0.846. The van der Waals surface area contributed by atoms with Gasteiger partial charge < -0.3 is 15.4 Å². The van der Waals surface area contributed by atoms with Gasteiger partial charge in [-0.05, 0) is 31.7 Å². The molecule has 4 nitrogen and oxygen atoms in total. The summed E-state index contributed by atoms with van der Waals surface area (Å²) in [5, 5.41) is 5.56. The van der Waals surface area contributed by atoms with Crippen LogP contribution in [-0.2, 0) is 4.79 Å². The molecule has 0 fully saturated rings. The van der Waals surface area contributed by atoms with Crippen LogP contribution in [0.2, 0.25) is 0 Å². The smallest absolute Gasteiger partial charge is 0.238 e. The second kappa shape index (κ2) is 7.09. The number of ether oxygens (including phenoxy) is 1. The predicted octanol–water partition coefficient (Wildman–Crippen LogP) is 1.58. The Balaban J connectivity index is 0.00000225. The monoisotopic (exact) mass is 244 g/mol. The topological polar surface area (TPSA) is 50.4 Å². The molecule has 2 N–H and O–H groups in total. The fourth-order valence-corrected chi connectivity index (χ4v) is 1.27. The molecular formula is C11H17ClN2O2. The van der Waals surface area contributed by atoms with Crippen LogP contribution >= 0.6 is 12.4 Å². The SMILES string of the molecule is CNCC(=O)Nc1cc(C)ccc1OC.Cl. The molecule has 0 unspecified atom stereocenters. The summed E-state index contributed by atoms with van der Waals surface area (Å²) in [7, 11) is 3.31. The number of anilines is 1. The molecule has 1 aromatic rings. The van der Waals surface area contributed by atoms with Gasteiger partial charge in [0.15, 0.2) is 0 Å². The van der Waals surface area contributed by atoms with Crippen LogP contribution < -0.4 is 15.4 Å². The molecule has 0 aromatic heterocycles. The lowest BCUT2D eigenvalue weighted by molar-refractivity contribution is -0.115. The number of rotatable bonds is 4. The van der Waals surface area contributed by atoms with E-state index < -0.39 is 0 Å². The zero-order valence-corrected chi connectivity index (χ0v) is 10.5. The number of hydrogen-bond donors (Lipinski definition) is 2. The van der Waals surface area contributed by atoms with E-state index in [4.69, 9.17) is 4.74 Å². The van der Waals surface area contributed by atoms with E-state index in [-0.39, 0.29) is 24.9 Å². The van der Waals surface area contributed by atoms with Crippen molar-refractivity contribution >= 4 is 24.0 Å². The predicted molar refractivity (Wildman–Crippen MR) is 67.5 cm³/mol. The van der Waals surface area contributed by atoms with Crippen LogP contribution in [0.15, 0.2) is 18.2 Å². The van der Waals surface area contributed by atoms with Gasteiger partial charge in [0, 0.05) is 0 Å². The molecule has 0 heterocycles. The molecule has 0 atom stereocenters. The fourth-order valence-electron chi connectivity index (χ4n) is 1.27. The molecule has 0 bridgehead atoms. The molecule has 5 heteroatoms. The average Bonchev–Trinajstić information content (AvgIpc) is 2.18. The second-order valence-corrected chi connectivity index (χ2v) is 3.28. The van der Waals surface area contributed by atoms with Crippen molar-refractivity contribution in [3.05, 3.63) is 23.8 Å². The molecule has 0 spiro atoms. The van der Waals surface area contributed by atoms with Gasteiger partial charge in [0.25, 0.3) is 0 Å². The van der Waals surface area contributed by atoms with Gasteiger partial charge >= 0.3 is 0 Å². The summed E-state index contributed by atoms with van der Waals surface area (Å²) in [4.78, 5) is 11.4. The number of carbonyl (C=O) groups is 1. The van der Waals surface area contributed by atoms with Crippen LogP contribution in [0.5, 0.6) is 5.75 Å². The molecule has 1 aromatic carbocycles. The first kappa shape index (κ1) is 14.7. The van der Waals surface area contributed by atoms with Crippen molar-refractivity contribution in [3.63, 3.8) is 0 Å². The van der Waals surface area contributed by atoms with Crippen LogP contribution in [0.3, 0.4) is 0 Å². The third-order valence-electron chi connectivity index (χ3n) is 1.97. The summed E-state index contributed by atoms with van der Waals surface area (Å²) < 4.78 is 5.14. The van der Waals surface area contributed by atoms with E-state index in [2.05, 4.69) is 10.6 Å². The van der Waals surface area contributed by atoms with Crippen LogP contribution in [-0.4, -0.2) is 26.6 Å². The summed E-state index contributed by atoms with van der Waals surface area (Å²) in [5.74, 6) is 0.589. The normalized spacial score (nSPS) is 9.19. The van der Waals surface area contributed by atoms with Crippen LogP contribution in [0.25, 0.3) is 0 Å². The van der Waals surface area contributed by atoms with Crippen molar-refractivity contribution in [2.45, 2.75) is 6.92 Å². The lowest BCUT2D eigenvalue weighted by atomic mass is 10.2. The van der Waals surface area contributed by atoms with Crippen molar-refractivity contribution in [3.8, 4) is 5.75 Å². The molecule has 16 heavy (non-hydrogen) atoms. The van der Waals surface area contributed by atoms with E-state index in [1.54, 1.807) is 14.2 Å². The van der Waals surface area contributed by atoms with E-state index in [1.165, 1.54) is 0 Å². The molecule has 0 radical (unpaired) electrons. The lowest BCUT2D eigenvalue weighted by Gasteiger charge is -2.10. The molecule has 90 valence electrons. The Morgan fingerprint density at radius 1 is 1.44 bits per heavy atom. The number of methoxy groups -OCH3 is 1. The molecule has 1 amide bonds. The molecule has 1 rings (SSSR count). The van der Waals surface area contributed by atoms with E-state index in [0.717, 1.165) is 5.56 Å². The van der Waals surface area contributed by atoms with E-state index >= 15 is 0 Å². The van der Waals surface area contributed by atoms with Crippen molar-refractivity contribution in [2.24, 2.45) is 0 Å². The maximum absolute atomic E-state index is 11.4. The first-order valence-electron chi connectivity index (χ1n) is 4.76. The van der Waals surface area contributed by atoms with E-state index in [1.807, 2.05) is 25.1 Å². The summed E-state index contributed by atoms with van der Waals surface area (Å²) >= 11 is 0. The van der Waals surface area contributed by atoms with Gasteiger partial charge in [-0.25, -0.2) is 0 Å². The molecule has 0 saturated carbocycles. The highest BCUT2D eigenvalue weighted by molar-refractivity contribution is 5.93. The van der Waals surface area contributed by atoms with E-state index in [9.17, 15) is 4.79 Å². The number of aryl methyl sites for hydroxylation is 1. The van der Waals surface area contributed by atoms with Crippen LogP contribution in [0.1, 0.15) is 5.56 Å². The summed E-state index contributed by atoms with van der Waals surface area (Å²) in [5.41, 5.74) is 1.79. The van der Waals surface area contributed by atoms with Crippen molar-refractivity contribution in [1.82, 2.24) is 5.32 Å². The molecule has 0 saturated heterocycles. The highest BCUT2D eigenvalue weighted by Crippen LogP contribution is 2.24. The Bertz CT molecular complexity index is 356. The van der Waals surface area contributed by atoms with Crippen molar-refractivity contribution in [2.75, 3.05) is 26.0 Å². The molecule has 0 aliphatic heterocycles. The highest BCUT2D eigenvalue weighted by atomic mass is 35.5. The minimum absolute atomic E-state index is 0. The standard InChI is InChI=1S/C11H16N2O2.ClH/c1-8-4-5-10(15-3)9(6-8)13-11(14)7-12-2;/h4-6,12H,7H2,1-3H3,(H,13,14);1H. The Morgan fingerprint density at radius 2 is 2.12 bits per heavy atom. The maximum Gasteiger partial charge on any atom is 0.238 e. The zero-order chi connectivity index (χ0) is 11.3. The first-order valence-corrected chi connectivity index (χ1v) is 4.76. The summed E-state index contributed by atoms with van der Waals surface area (Å²) in [6.45, 7) is 2.25. The zero-order valence-electron chi connectivity index (χ0n) is 9.66. The van der Waals surface area contributed by atoms with Gasteiger partial charge in [0.1, 0.15) is 5.75 Å². The highest BCUT2D eigenvalue weighted by Gasteiger charge is 2.06. The van der Waals surface area contributed by atoms with Gasteiger partial charge in [-0.15, -0.1) is 12.4 Å². The third kappa shape index (κ3) is 4.08. The molecule has 0 aliphatic carbocycles. The fraction of sp³-hybridized carbons (Fsp3) is 0.364. The largest absolute Gasteiger partial charge is 0.495 e. The Hall–Kier alpha value is -1.26. The number of likely N-dealkylation sites (N-methyl/N-ethyl adjacent to an activating group) is 1. The van der Waals surface area contributed by atoms with Gasteiger partial charge in [-0.1, -0.05) is 6.07 Å². The van der Waals surface area contributed by atoms with Crippen LogP contribution in [0, 0.1) is 6.92 Å². The lowest BCUT2D eigenvalue weighted by Crippen LogP contribution is -2.25. The number of nitrogens with one attached hydrogen (secondary N) is 2. The number of benzene rings is 1. The van der Waals surface area contributed by atoms with Crippen molar-refractivity contribution < 1.29 is 9.53 Å². The summed E-state index contributed by atoms with van der Waals surface area (Å²) in [6.07, 6.45) is 0. The minimum Gasteiger partial charge on any atom is -0.495 e. The third-order valence-corrected chi connectivity index (χ3v) is 1.97. The van der Waals surface area contributed by atoms with Crippen LogP contribution in [0.4, 0.5) is 5.69 Å². The maximum atomic E-state index is 11.4. The number of halogens is 1. The van der Waals surface area contributed by atoms with Gasteiger partial charge in [0.2, 0.25) is 5.91 Å². The van der Waals surface area contributed by atoms with Gasteiger partial charge in [0.05, 0.1) is 19.3 Å². The van der Waals surface area contributed by atoms with Gasteiger partial charge in [-0.2, -0.15) is 0 Å². The minimum atomic E-state index is -0.0820. The van der Waals surface area contributed by atoms with Crippen molar-refractivity contribution in [1.29, 1.82) is 0 Å². The molecular weight excluding hydrogens is 228 g/mol. The first-order chi connectivity index (χ1) is 7.17. The Kier molecular flexibility index (Phi) is 6.53. The Labute approximate surface area is 102 Å². The summed E-state index contributed by atoms with van der Waals surface area (Å²) in [6, 6.07) is 5.66. The molecule has 0 aliphatic rings. The number of amides is 1. The number of carbonyl (C=O) groups excluding carboxylic acids is 1.